The molecule has 0 radical (unpaired) electrons. The predicted molar refractivity (Wildman–Crippen MR) is 103 cm³/mol. The molecule has 1 aromatic rings. The van der Waals surface area contributed by atoms with Gasteiger partial charge in [-0.1, -0.05) is 57.6 Å². The van der Waals surface area contributed by atoms with Gasteiger partial charge in [0.15, 0.2) is 8.32 Å². The fraction of sp³-hybridized carbons (Fsp3) is 0.700. The van der Waals surface area contributed by atoms with Crippen molar-refractivity contribution in [2.45, 2.75) is 77.9 Å². The Kier molecular flexibility index (Phi) is 10.3. The molecule has 0 unspecified atom stereocenters. The first-order valence-electron chi connectivity index (χ1n) is 9.37. The van der Waals surface area contributed by atoms with E-state index < -0.39 is 8.32 Å². The van der Waals surface area contributed by atoms with Crippen molar-refractivity contribution < 1.29 is 9.16 Å². The molecule has 0 saturated heterocycles. The maximum Gasteiger partial charge on any atom is 0.183 e. The average Bonchev–Trinajstić information content (AvgIpc) is 2.51. The Morgan fingerprint density at radius 3 is 2.00 bits per heavy atom. The fourth-order valence-corrected chi connectivity index (χ4v) is 3.24. The van der Waals surface area contributed by atoms with Gasteiger partial charge >= 0.3 is 0 Å². The van der Waals surface area contributed by atoms with E-state index in [4.69, 9.17) is 9.16 Å². The number of benzene rings is 1. The van der Waals surface area contributed by atoms with Crippen LogP contribution in [-0.4, -0.2) is 21.5 Å². The largest absolute Gasteiger partial charge is 0.491 e. The van der Waals surface area contributed by atoms with Gasteiger partial charge < -0.3 is 9.16 Å². The smallest absolute Gasteiger partial charge is 0.183 e. The summed E-state index contributed by atoms with van der Waals surface area (Å²) in [6.45, 7) is 10.2. The van der Waals surface area contributed by atoms with E-state index in [0.717, 1.165) is 5.75 Å². The predicted octanol–water partition coefficient (Wildman–Crippen LogP) is 6.21. The summed E-state index contributed by atoms with van der Waals surface area (Å²) in [5.74, 6) is 0.951. The molecule has 0 heterocycles. The van der Waals surface area contributed by atoms with Crippen LogP contribution in [0.3, 0.4) is 0 Å². The molecule has 1 aromatic carbocycles. The third kappa shape index (κ3) is 11.4. The fourth-order valence-electron chi connectivity index (χ4n) is 2.55. The summed E-state index contributed by atoms with van der Waals surface area (Å²) in [6, 6.07) is 8.58. The average molecular weight is 337 g/mol. The van der Waals surface area contributed by atoms with Gasteiger partial charge in [-0.3, -0.25) is 0 Å². The summed E-state index contributed by atoms with van der Waals surface area (Å²) >= 11 is 0. The van der Waals surface area contributed by atoms with Crippen molar-refractivity contribution in [3.63, 3.8) is 0 Å². The molecule has 0 aliphatic carbocycles. The van der Waals surface area contributed by atoms with Crippen LogP contribution in [0, 0.1) is 0 Å². The maximum atomic E-state index is 5.79. The number of unbranched alkanes of at least 4 members (excludes halogenated alkanes) is 6. The highest BCUT2D eigenvalue weighted by molar-refractivity contribution is 6.69. The number of ether oxygens (including phenoxy) is 1. The lowest BCUT2D eigenvalue weighted by molar-refractivity contribution is 0.212. The first kappa shape index (κ1) is 20.2. The first-order valence-corrected chi connectivity index (χ1v) is 12.8. The second-order valence-corrected chi connectivity index (χ2v) is 11.8. The second kappa shape index (κ2) is 11.7. The summed E-state index contributed by atoms with van der Waals surface area (Å²) in [6.07, 6.45) is 10.8. The molecule has 0 aromatic heterocycles. The Bertz CT molecular complexity index is 395. The topological polar surface area (TPSA) is 18.5 Å². The number of hydrogen-bond donors (Lipinski definition) is 0. The van der Waals surface area contributed by atoms with Crippen LogP contribution in [-0.2, 0) is 10.8 Å². The van der Waals surface area contributed by atoms with Gasteiger partial charge in [0.25, 0.3) is 0 Å². The van der Waals surface area contributed by atoms with Crippen LogP contribution in [0.25, 0.3) is 0 Å². The van der Waals surface area contributed by atoms with E-state index in [0.29, 0.717) is 13.2 Å². The SMILES string of the molecule is CCCCCCCCCc1ccc(OCCO[Si](C)(C)C)cc1. The highest BCUT2D eigenvalue weighted by atomic mass is 28.4. The Morgan fingerprint density at radius 2 is 1.39 bits per heavy atom. The molecular weight excluding hydrogens is 300 g/mol. The minimum absolute atomic E-state index is 0.640. The van der Waals surface area contributed by atoms with Gasteiger partial charge in [-0.05, 0) is 50.2 Å². The number of hydrogen-bond acceptors (Lipinski definition) is 2. The molecule has 2 nitrogen and oxygen atoms in total. The van der Waals surface area contributed by atoms with E-state index in [2.05, 4.69) is 50.8 Å². The standard InChI is InChI=1S/C20H36O2Si/c1-5-6-7-8-9-10-11-12-19-13-15-20(16-14-19)21-17-18-22-23(2,3)4/h13-16H,5-12,17-18H2,1-4H3. The molecule has 1 rings (SSSR count). The van der Waals surface area contributed by atoms with E-state index in [1.54, 1.807) is 0 Å². The van der Waals surface area contributed by atoms with Crippen LogP contribution >= 0.6 is 0 Å². The highest BCUT2D eigenvalue weighted by Gasteiger charge is 2.13. The third-order valence-corrected chi connectivity index (χ3v) is 4.95. The molecule has 0 bridgehead atoms. The second-order valence-electron chi connectivity index (χ2n) is 7.32. The Balaban J connectivity index is 2.11. The van der Waals surface area contributed by atoms with E-state index in [1.807, 2.05) is 0 Å². The normalized spacial score (nSPS) is 11.7. The minimum atomic E-state index is -1.41. The molecular formula is C20H36O2Si. The van der Waals surface area contributed by atoms with Crippen molar-refractivity contribution in [3.8, 4) is 5.75 Å². The maximum absolute atomic E-state index is 5.79. The van der Waals surface area contributed by atoms with Crippen LogP contribution in [0.2, 0.25) is 19.6 Å². The zero-order chi connectivity index (χ0) is 17.0. The molecule has 0 fully saturated rings. The molecule has 23 heavy (non-hydrogen) atoms. The molecule has 0 N–H and O–H groups in total. The van der Waals surface area contributed by atoms with Crippen molar-refractivity contribution in [3.05, 3.63) is 29.8 Å². The lowest BCUT2D eigenvalue weighted by Crippen LogP contribution is -2.27. The van der Waals surface area contributed by atoms with Gasteiger partial charge in [0.05, 0.1) is 6.61 Å². The lowest BCUT2D eigenvalue weighted by Gasteiger charge is -2.17. The van der Waals surface area contributed by atoms with Crippen molar-refractivity contribution in [1.29, 1.82) is 0 Å². The van der Waals surface area contributed by atoms with Gasteiger partial charge in [-0.2, -0.15) is 0 Å². The molecule has 132 valence electrons. The van der Waals surface area contributed by atoms with Crippen molar-refractivity contribution >= 4 is 8.32 Å². The van der Waals surface area contributed by atoms with Crippen molar-refractivity contribution in [2.75, 3.05) is 13.2 Å². The zero-order valence-corrected chi connectivity index (χ0v) is 16.7. The van der Waals surface area contributed by atoms with Crippen molar-refractivity contribution in [2.24, 2.45) is 0 Å². The van der Waals surface area contributed by atoms with Crippen LogP contribution in [0.15, 0.2) is 24.3 Å². The first-order chi connectivity index (χ1) is 11.0. The minimum Gasteiger partial charge on any atom is -0.491 e. The monoisotopic (exact) mass is 336 g/mol. The Hall–Kier alpha value is -0.803. The van der Waals surface area contributed by atoms with Gasteiger partial charge in [0, 0.05) is 0 Å². The quantitative estimate of drug-likeness (QED) is 0.315. The molecule has 0 aliphatic rings. The zero-order valence-electron chi connectivity index (χ0n) is 15.7. The number of aryl methyl sites for hydroxylation is 1. The summed E-state index contributed by atoms with van der Waals surface area (Å²) in [5.41, 5.74) is 1.42. The summed E-state index contributed by atoms with van der Waals surface area (Å²) in [4.78, 5) is 0. The van der Waals surface area contributed by atoms with Gasteiger partial charge in [-0.25, -0.2) is 0 Å². The van der Waals surface area contributed by atoms with E-state index >= 15 is 0 Å². The van der Waals surface area contributed by atoms with E-state index in [-0.39, 0.29) is 0 Å². The van der Waals surface area contributed by atoms with Gasteiger partial charge in [0.1, 0.15) is 12.4 Å². The van der Waals surface area contributed by atoms with Crippen LogP contribution in [0.4, 0.5) is 0 Å². The highest BCUT2D eigenvalue weighted by Crippen LogP contribution is 2.15. The van der Waals surface area contributed by atoms with Gasteiger partial charge in [0.2, 0.25) is 0 Å². The number of rotatable bonds is 13. The summed E-state index contributed by atoms with van der Waals surface area (Å²) in [5, 5.41) is 0. The van der Waals surface area contributed by atoms with E-state index in [9.17, 15) is 0 Å². The summed E-state index contributed by atoms with van der Waals surface area (Å²) < 4.78 is 11.5. The van der Waals surface area contributed by atoms with Crippen molar-refractivity contribution in [1.82, 2.24) is 0 Å². The van der Waals surface area contributed by atoms with Crippen LogP contribution < -0.4 is 4.74 Å². The van der Waals surface area contributed by atoms with Gasteiger partial charge in [-0.15, -0.1) is 0 Å². The van der Waals surface area contributed by atoms with Crippen LogP contribution in [0.1, 0.15) is 57.4 Å². The molecule has 0 amide bonds. The molecule has 0 atom stereocenters. The Morgan fingerprint density at radius 1 is 0.783 bits per heavy atom. The lowest BCUT2D eigenvalue weighted by atomic mass is 10.0. The Labute approximate surface area is 144 Å². The molecule has 0 aliphatic heterocycles. The van der Waals surface area contributed by atoms with E-state index in [1.165, 1.54) is 56.9 Å². The molecule has 0 spiro atoms. The molecule has 0 saturated carbocycles. The van der Waals surface area contributed by atoms with Crippen LogP contribution in [0.5, 0.6) is 5.75 Å². The molecule has 3 heteroatoms. The third-order valence-electron chi connectivity index (χ3n) is 3.88. The summed E-state index contributed by atoms with van der Waals surface area (Å²) in [7, 11) is -1.41.